The van der Waals surface area contributed by atoms with Crippen LogP contribution in [0.1, 0.15) is 93.2 Å². The number of pyridine rings is 2. The average Bonchev–Trinajstić information content (AvgIpc) is 3.20. The maximum absolute atomic E-state index is 12.7. The van der Waals surface area contributed by atoms with Gasteiger partial charge >= 0.3 is 12.1 Å². The Morgan fingerprint density at radius 2 is 1.14 bits per heavy atom. The first kappa shape index (κ1) is 51.1. The van der Waals surface area contributed by atoms with Crippen LogP contribution >= 0.6 is 0 Å². The number of ether oxygens (including phenoxy) is 1. The summed E-state index contributed by atoms with van der Waals surface area (Å²) >= 11 is 0. The second-order valence-corrected chi connectivity index (χ2v) is 13.4. The molecule has 4 aromatic heterocycles. The van der Waals surface area contributed by atoms with Gasteiger partial charge in [-0.2, -0.15) is 9.97 Å². The van der Waals surface area contributed by atoms with Crippen molar-refractivity contribution < 1.29 is 24.2 Å². The van der Waals surface area contributed by atoms with E-state index in [0.29, 0.717) is 74.8 Å². The van der Waals surface area contributed by atoms with Crippen LogP contribution in [0.4, 0.5) is 28.3 Å². The van der Waals surface area contributed by atoms with E-state index in [9.17, 15) is 14.4 Å². The number of carboxylic acid groups (broad SMARTS) is 1. The number of carbonyl (C=O) groups excluding carboxylic acids is 2. The SMILES string of the molecule is C.CCCNc1nc(NCCc2ccncc2)ncc1C(=O)NCCCNC(=O)OC(C)(C)C.CCCNc1nc(NCCc2ccncc2)ncc1C(=O)O.[B][B][B]. The van der Waals surface area contributed by atoms with Gasteiger partial charge in [0.25, 0.3) is 5.91 Å². The number of aromatic carboxylic acids is 1. The van der Waals surface area contributed by atoms with E-state index in [1.54, 1.807) is 45.6 Å². The van der Waals surface area contributed by atoms with E-state index < -0.39 is 17.7 Å². The summed E-state index contributed by atoms with van der Waals surface area (Å²) in [7, 11) is 10.0. The lowest BCUT2D eigenvalue weighted by molar-refractivity contribution is 0.0526. The number of hydrogen-bond acceptors (Lipinski definition) is 14. The fourth-order valence-corrected chi connectivity index (χ4v) is 4.64. The van der Waals surface area contributed by atoms with Crippen LogP contribution in [0.2, 0.25) is 0 Å². The number of rotatable bonds is 20. The lowest BCUT2D eigenvalue weighted by atomic mass is 9.40. The lowest BCUT2D eigenvalue weighted by Gasteiger charge is -2.19. The van der Waals surface area contributed by atoms with Crippen molar-refractivity contribution in [2.75, 3.05) is 60.5 Å². The van der Waals surface area contributed by atoms with E-state index in [4.69, 9.17) is 9.84 Å². The second-order valence-electron chi connectivity index (χ2n) is 13.4. The number of alkyl carbamates (subject to hydrolysis) is 1. The number of nitrogens with one attached hydrogen (secondary N) is 6. The predicted molar refractivity (Wildman–Crippen MR) is 237 cm³/mol. The molecule has 313 valence electrons. The predicted octanol–water partition coefficient (Wildman–Crippen LogP) is 4.53. The number of anilines is 4. The Kier molecular flexibility index (Phi) is 25.4. The summed E-state index contributed by atoms with van der Waals surface area (Å²) in [5.74, 6) is 0.396. The van der Waals surface area contributed by atoms with E-state index in [1.807, 2.05) is 38.1 Å². The Bertz CT molecular complexity index is 1790. The van der Waals surface area contributed by atoms with Crippen molar-refractivity contribution in [1.29, 1.82) is 0 Å². The van der Waals surface area contributed by atoms with Crippen molar-refractivity contribution >= 4 is 64.0 Å². The smallest absolute Gasteiger partial charge is 0.407 e. The van der Waals surface area contributed by atoms with Crippen LogP contribution in [0.25, 0.3) is 0 Å². The molecular formula is C39H58B3N12O5. The molecule has 17 nitrogen and oxygen atoms in total. The highest BCUT2D eigenvalue weighted by molar-refractivity contribution is 7.17. The minimum atomic E-state index is -1.04. The Morgan fingerprint density at radius 1 is 0.695 bits per heavy atom. The average molecular weight is 807 g/mol. The first-order chi connectivity index (χ1) is 27.9. The van der Waals surface area contributed by atoms with E-state index in [1.165, 1.54) is 18.0 Å². The van der Waals surface area contributed by atoms with Gasteiger partial charge < -0.3 is 41.7 Å². The Morgan fingerprint density at radius 3 is 1.58 bits per heavy atom. The second kappa shape index (κ2) is 29.3. The van der Waals surface area contributed by atoms with Crippen LogP contribution in [-0.4, -0.2) is 120 Å². The van der Waals surface area contributed by atoms with Crippen LogP contribution in [0.5, 0.6) is 0 Å². The Hall–Kier alpha value is -5.94. The number of nitrogens with zero attached hydrogens (tertiary/aromatic N) is 6. The minimum absolute atomic E-state index is 0. The van der Waals surface area contributed by atoms with Gasteiger partial charge in [-0.05, 0) is 88.3 Å². The number of hydrogen-bond donors (Lipinski definition) is 7. The Balaban J connectivity index is 0.000000580. The van der Waals surface area contributed by atoms with Crippen LogP contribution in [0, 0.1) is 0 Å². The zero-order valence-electron chi connectivity index (χ0n) is 34.0. The monoisotopic (exact) mass is 807 g/mol. The molecule has 0 saturated carbocycles. The maximum Gasteiger partial charge on any atom is 0.407 e. The van der Waals surface area contributed by atoms with Gasteiger partial charge in [0.05, 0.1) is 0 Å². The van der Waals surface area contributed by atoms with E-state index in [-0.39, 0.29) is 18.9 Å². The molecule has 0 aromatic carbocycles. The molecule has 0 spiro atoms. The summed E-state index contributed by atoms with van der Waals surface area (Å²) in [6.07, 6.45) is 13.4. The summed E-state index contributed by atoms with van der Waals surface area (Å²) in [5, 5.41) is 27.2. The van der Waals surface area contributed by atoms with Gasteiger partial charge in [0.15, 0.2) is 0 Å². The van der Waals surface area contributed by atoms with Gasteiger partial charge in [-0.15, -0.1) is 0 Å². The molecule has 0 atom stereocenters. The lowest BCUT2D eigenvalue weighted by Crippen LogP contribution is -2.34. The van der Waals surface area contributed by atoms with Crippen LogP contribution in [0.3, 0.4) is 0 Å². The summed E-state index contributed by atoms with van der Waals surface area (Å²) in [4.78, 5) is 60.5. The zero-order valence-corrected chi connectivity index (χ0v) is 34.0. The molecule has 2 amide bonds. The molecule has 4 heterocycles. The molecule has 20 heteroatoms. The van der Waals surface area contributed by atoms with Gasteiger partial charge in [-0.3, -0.25) is 14.8 Å². The standard InChI is InChI=1S/C23H35N7O3.C15H19N5O2.CH4.B3/c1-5-10-25-19-18(20(31)26-11-6-12-28-22(32)33-23(2,3)4)16-29-21(30-19)27-15-9-17-7-13-24-14-8-17;1-2-6-17-13-12(14(21)22)10-19-15(20-13)18-9-5-11-3-7-16-8-4-11;;1-3-2/h7-8,13-14,16H,5-6,9-12,15H2,1-4H3,(H,26,31)(H,28,32)(H2,25,27,29,30);3-4,7-8,10H,2,5-6,9H2,1H3,(H,21,22)(H2,17,18,19,20);1H4;. The molecule has 59 heavy (non-hydrogen) atoms. The normalized spacial score (nSPS) is 10.1. The molecule has 0 aliphatic heterocycles. The van der Waals surface area contributed by atoms with Gasteiger partial charge in [0.1, 0.15) is 28.4 Å². The highest BCUT2D eigenvalue weighted by Crippen LogP contribution is 2.16. The molecule has 0 fully saturated rings. The molecule has 0 bridgehead atoms. The summed E-state index contributed by atoms with van der Waals surface area (Å²) in [6.45, 7) is 12.9. The molecule has 7 N–H and O–H groups in total. The molecule has 4 aromatic rings. The third-order valence-electron chi connectivity index (χ3n) is 7.34. The van der Waals surface area contributed by atoms with E-state index in [0.717, 1.165) is 38.3 Å². The summed E-state index contributed by atoms with van der Waals surface area (Å²) in [6, 6.07) is 7.83. The largest absolute Gasteiger partial charge is 0.477 e. The summed E-state index contributed by atoms with van der Waals surface area (Å²) < 4.78 is 5.18. The van der Waals surface area contributed by atoms with E-state index >= 15 is 0 Å². The zero-order chi connectivity index (χ0) is 42.6. The van der Waals surface area contributed by atoms with Crippen LogP contribution < -0.4 is 31.9 Å². The minimum Gasteiger partial charge on any atom is -0.477 e. The number of aromatic nitrogens is 6. The molecular weight excluding hydrogens is 749 g/mol. The van der Waals surface area contributed by atoms with Crippen molar-refractivity contribution in [3.05, 3.63) is 83.7 Å². The van der Waals surface area contributed by atoms with Gasteiger partial charge in [-0.1, -0.05) is 21.3 Å². The van der Waals surface area contributed by atoms with Crippen molar-refractivity contribution in [2.24, 2.45) is 0 Å². The van der Waals surface area contributed by atoms with Gasteiger partial charge in [0.2, 0.25) is 11.9 Å². The molecule has 5 radical (unpaired) electrons. The highest BCUT2D eigenvalue weighted by atomic mass is 16.6. The first-order valence-corrected chi connectivity index (χ1v) is 19.1. The molecule has 0 unspecified atom stereocenters. The fourth-order valence-electron chi connectivity index (χ4n) is 4.64. The number of carbonyl (C=O) groups is 3. The van der Waals surface area contributed by atoms with Crippen molar-refractivity contribution in [3.8, 4) is 0 Å². The van der Waals surface area contributed by atoms with Gasteiger partial charge in [-0.25, -0.2) is 19.6 Å². The van der Waals surface area contributed by atoms with Crippen molar-refractivity contribution in [3.63, 3.8) is 0 Å². The quantitative estimate of drug-likeness (QED) is 0.0481. The Labute approximate surface area is 352 Å². The number of amides is 2. The molecule has 4 rings (SSSR count). The molecule has 0 aliphatic rings. The third kappa shape index (κ3) is 22.0. The van der Waals surface area contributed by atoms with Gasteiger partial charge in [0, 0.05) is 99.0 Å². The van der Waals surface area contributed by atoms with Crippen LogP contribution in [-0.2, 0) is 17.6 Å². The van der Waals surface area contributed by atoms with Crippen molar-refractivity contribution in [1.82, 2.24) is 40.5 Å². The molecule has 0 saturated heterocycles. The van der Waals surface area contributed by atoms with E-state index in [2.05, 4.69) is 77.3 Å². The maximum atomic E-state index is 12.7. The topological polar surface area (TPSA) is 230 Å². The van der Waals surface area contributed by atoms with Crippen LogP contribution in [0.15, 0.2) is 61.4 Å². The third-order valence-corrected chi connectivity index (χ3v) is 7.34. The van der Waals surface area contributed by atoms with Crippen molar-refractivity contribution in [2.45, 2.75) is 79.8 Å². The molecule has 0 aliphatic carbocycles. The summed E-state index contributed by atoms with van der Waals surface area (Å²) in [5.41, 5.74) is 2.24. The fraction of sp³-hybridized carbons (Fsp3) is 0.462. The number of carboxylic acids is 1. The first-order valence-electron chi connectivity index (χ1n) is 19.1. The highest BCUT2D eigenvalue weighted by Gasteiger charge is 2.17.